The maximum absolute atomic E-state index is 11.7. The topological polar surface area (TPSA) is 90.9 Å². The molecule has 2 aromatic rings. The number of sulfonamides is 1. The van der Waals surface area contributed by atoms with Gasteiger partial charge in [0.25, 0.3) is 0 Å². The lowest BCUT2D eigenvalue weighted by Crippen LogP contribution is -2.56. The van der Waals surface area contributed by atoms with E-state index in [0.717, 1.165) is 68.8 Å². The summed E-state index contributed by atoms with van der Waals surface area (Å²) in [6, 6.07) is 7.03. The van der Waals surface area contributed by atoms with E-state index in [1.165, 1.54) is 6.26 Å². The molecule has 0 amide bonds. The van der Waals surface area contributed by atoms with Gasteiger partial charge in [0, 0.05) is 56.9 Å². The molecule has 1 aromatic carbocycles. The molecular formula is C21H30N6O3S. The summed E-state index contributed by atoms with van der Waals surface area (Å²) in [5, 5.41) is 4.46. The van der Waals surface area contributed by atoms with Crippen molar-refractivity contribution in [1.82, 2.24) is 19.2 Å². The zero-order valence-electron chi connectivity index (χ0n) is 17.9. The summed E-state index contributed by atoms with van der Waals surface area (Å²) >= 11 is 0. The Balaban J connectivity index is 1.28. The van der Waals surface area contributed by atoms with Gasteiger partial charge in [0.15, 0.2) is 0 Å². The van der Waals surface area contributed by atoms with Crippen molar-refractivity contribution < 1.29 is 13.2 Å². The number of nitrogens with zero attached hydrogens (tertiary/aromatic N) is 5. The first-order valence-corrected chi connectivity index (χ1v) is 12.9. The van der Waals surface area contributed by atoms with Crippen LogP contribution in [0.2, 0.25) is 0 Å². The first kappa shape index (κ1) is 20.9. The quantitative estimate of drug-likeness (QED) is 0.727. The molecule has 0 atom stereocenters. The van der Waals surface area contributed by atoms with Crippen LogP contribution < -0.4 is 10.2 Å². The van der Waals surface area contributed by atoms with Crippen LogP contribution in [-0.4, -0.2) is 98.4 Å². The Bertz CT molecular complexity index is 1030. The Hall–Kier alpha value is -2.01. The normalized spacial score (nSPS) is 22.5. The van der Waals surface area contributed by atoms with Gasteiger partial charge in [-0.3, -0.25) is 4.90 Å². The number of rotatable bonds is 5. The number of nitrogens with one attached hydrogen (secondary N) is 1. The number of piperidine rings is 1. The van der Waals surface area contributed by atoms with E-state index < -0.39 is 10.0 Å². The fourth-order valence-corrected chi connectivity index (χ4v) is 5.52. The minimum atomic E-state index is -3.12. The molecule has 0 aliphatic carbocycles. The predicted octanol–water partition coefficient (Wildman–Crippen LogP) is 0.987. The largest absolute Gasteiger partial charge is 0.378 e. The number of aromatic nitrogens is 2. The van der Waals surface area contributed by atoms with Crippen LogP contribution in [0.4, 0.5) is 11.6 Å². The number of piperazine rings is 1. The molecule has 5 rings (SSSR count). The van der Waals surface area contributed by atoms with Crippen LogP contribution in [0.25, 0.3) is 10.9 Å². The van der Waals surface area contributed by atoms with Crippen molar-refractivity contribution >= 4 is 32.6 Å². The number of hydrogen-bond donors (Lipinski definition) is 1. The van der Waals surface area contributed by atoms with Gasteiger partial charge in [-0.05, 0) is 18.9 Å². The van der Waals surface area contributed by atoms with Crippen molar-refractivity contribution in [2.24, 2.45) is 0 Å². The predicted molar refractivity (Wildman–Crippen MR) is 121 cm³/mol. The van der Waals surface area contributed by atoms with Crippen molar-refractivity contribution in [3.63, 3.8) is 0 Å². The van der Waals surface area contributed by atoms with Crippen molar-refractivity contribution in [3.05, 3.63) is 24.4 Å². The SMILES string of the molecule is CS(=O)(=O)N1CCC(Nc2ncc3cccc(N4CCN(C5COC5)CC4)c3n2)CC1. The molecule has 10 heteroatoms. The minimum absolute atomic E-state index is 0.177. The third-order valence-corrected chi connectivity index (χ3v) is 7.94. The highest BCUT2D eigenvalue weighted by Gasteiger charge is 2.29. The minimum Gasteiger partial charge on any atom is -0.378 e. The van der Waals surface area contributed by atoms with Crippen LogP contribution in [0.15, 0.2) is 24.4 Å². The molecule has 168 valence electrons. The first-order chi connectivity index (χ1) is 15.0. The monoisotopic (exact) mass is 446 g/mol. The van der Waals surface area contributed by atoms with Gasteiger partial charge in [0.1, 0.15) is 0 Å². The van der Waals surface area contributed by atoms with Crippen molar-refractivity contribution in [3.8, 4) is 0 Å². The molecule has 3 aliphatic rings. The van der Waals surface area contributed by atoms with E-state index in [9.17, 15) is 8.42 Å². The molecule has 1 N–H and O–H groups in total. The summed E-state index contributed by atoms with van der Waals surface area (Å²) in [4.78, 5) is 14.3. The van der Waals surface area contributed by atoms with E-state index in [4.69, 9.17) is 9.72 Å². The van der Waals surface area contributed by atoms with Crippen LogP contribution >= 0.6 is 0 Å². The average Bonchev–Trinajstić information content (AvgIpc) is 2.72. The van der Waals surface area contributed by atoms with Crippen LogP contribution in [0.1, 0.15) is 12.8 Å². The summed E-state index contributed by atoms with van der Waals surface area (Å²) in [5.41, 5.74) is 2.12. The van der Waals surface area contributed by atoms with E-state index in [0.29, 0.717) is 25.1 Å². The van der Waals surface area contributed by atoms with Crippen molar-refractivity contribution in [2.45, 2.75) is 24.9 Å². The van der Waals surface area contributed by atoms with Gasteiger partial charge >= 0.3 is 0 Å². The molecule has 0 bridgehead atoms. The van der Waals surface area contributed by atoms with Gasteiger partial charge in [-0.2, -0.15) is 0 Å². The van der Waals surface area contributed by atoms with Gasteiger partial charge in [-0.15, -0.1) is 0 Å². The Labute approximate surface area is 183 Å². The number of anilines is 2. The lowest BCUT2D eigenvalue weighted by molar-refractivity contribution is -0.0660. The molecule has 0 radical (unpaired) electrons. The molecule has 4 heterocycles. The first-order valence-electron chi connectivity index (χ1n) is 11.0. The second-order valence-corrected chi connectivity index (χ2v) is 10.7. The van der Waals surface area contributed by atoms with Gasteiger partial charge < -0.3 is 15.0 Å². The fraction of sp³-hybridized carbons (Fsp3) is 0.619. The van der Waals surface area contributed by atoms with E-state index >= 15 is 0 Å². The molecule has 9 nitrogen and oxygen atoms in total. The Morgan fingerprint density at radius 3 is 2.45 bits per heavy atom. The second kappa shape index (κ2) is 8.50. The van der Waals surface area contributed by atoms with E-state index in [1.807, 2.05) is 6.20 Å². The van der Waals surface area contributed by atoms with Crippen LogP contribution in [0.5, 0.6) is 0 Å². The summed E-state index contributed by atoms with van der Waals surface area (Å²) in [7, 11) is -3.12. The van der Waals surface area contributed by atoms with E-state index in [1.54, 1.807) is 4.31 Å². The molecular weight excluding hydrogens is 416 g/mol. The zero-order valence-corrected chi connectivity index (χ0v) is 18.7. The highest BCUT2D eigenvalue weighted by molar-refractivity contribution is 7.88. The van der Waals surface area contributed by atoms with Gasteiger partial charge in [0.05, 0.1) is 36.7 Å². The Morgan fingerprint density at radius 2 is 1.81 bits per heavy atom. The molecule has 0 spiro atoms. The second-order valence-electron chi connectivity index (χ2n) is 8.70. The fourth-order valence-electron chi connectivity index (χ4n) is 4.64. The summed E-state index contributed by atoms with van der Waals surface area (Å²) in [5.74, 6) is 0.614. The van der Waals surface area contributed by atoms with Crippen molar-refractivity contribution in [1.29, 1.82) is 0 Å². The summed E-state index contributed by atoms with van der Waals surface area (Å²) in [6.45, 7) is 6.83. The molecule has 0 unspecified atom stereocenters. The highest BCUT2D eigenvalue weighted by atomic mass is 32.2. The molecule has 3 aliphatic heterocycles. The average molecular weight is 447 g/mol. The molecule has 1 aromatic heterocycles. The number of fused-ring (bicyclic) bond motifs is 1. The zero-order chi connectivity index (χ0) is 21.4. The Kier molecular flexibility index (Phi) is 5.72. The molecule has 3 fully saturated rings. The Morgan fingerprint density at radius 1 is 1.06 bits per heavy atom. The molecule has 31 heavy (non-hydrogen) atoms. The third kappa shape index (κ3) is 4.48. The number of ether oxygens (including phenoxy) is 1. The maximum atomic E-state index is 11.7. The summed E-state index contributed by atoms with van der Waals surface area (Å²) < 4.78 is 30.3. The third-order valence-electron chi connectivity index (χ3n) is 6.64. The maximum Gasteiger partial charge on any atom is 0.223 e. The van der Waals surface area contributed by atoms with Crippen molar-refractivity contribution in [2.75, 3.05) is 69.0 Å². The molecule has 0 saturated carbocycles. The summed E-state index contributed by atoms with van der Waals surface area (Å²) in [6.07, 6.45) is 4.65. The number of para-hydroxylation sites is 1. The lowest BCUT2D eigenvalue weighted by Gasteiger charge is -2.43. The van der Waals surface area contributed by atoms with Gasteiger partial charge in [0.2, 0.25) is 16.0 Å². The van der Waals surface area contributed by atoms with Crippen LogP contribution in [0, 0.1) is 0 Å². The standard InChI is InChI=1S/C21H30N6O3S/c1-31(28,29)27-7-5-17(6-8-27)23-21-22-13-16-3-2-4-19(20(16)24-21)26-11-9-25(10-12-26)18-14-30-15-18/h2-4,13,17-18H,5-12,14-15H2,1H3,(H,22,23,24). The van der Waals surface area contributed by atoms with Crippen LogP contribution in [0.3, 0.4) is 0 Å². The van der Waals surface area contributed by atoms with Crippen LogP contribution in [-0.2, 0) is 14.8 Å². The number of benzene rings is 1. The lowest BCUT2D eigenvalue weighted by atomic mass is 10.1. The van der Waals surface area contributed by atoms with Gasteiger partial charge in [-0.25, -0.2) is 22.7 Å². The molecule has 3 saturated heterocycles. The van der Waals surface area contributed by atoms with E-state index in [2.05, 4.69) is 38.3 Å². The van der Waals surface area contributed by atoms with E-state index in [-0.39, 0.29) is 6.04 Å². The highest BCUT2D eigenvalue weighted by Crippen LogP contribution is 2.28. The number of hydrogen-bond acceptors (Lipinski definition) is 8. The smallest absolute Gasteiger partial charge is 0.223 e. The van der Waals surface area contributed by atoms with Gasteiger partial charge in [-0.1, -0.05) is 12.1 Å².